The van der Waals surface area contributed by atoms with E-state index in [4.69, 9.17) is 16.3 Å². The maximum atomic E-state index is 6.32. The van der Waals surface area contributed by atoms with Gasteiger partial charge in [-0.05, 0) is 37.9 Å². The van der Waals surface area contributed by atoms with Crippen molar-refractivity contribution in [1.82, 2.24) is 0 Å². The molecular formula is C14H19ClNOP. The van der Waals surface area contributed by atoms with Crippen LogP contribution in [-0.4, -0.2) is 19.8 Å². The third-order valence-corrected chi connectivity index (χ3v) is 5.39. The zero-order valence-corrected chi connectivity index (χ0v) is 12.4. The fraction of sp³-hybridized carbons (Fsp3) is 0.571. The lowest BCUT2D eigenvalue weighted by Gasteiger charge is -2.27. The molecule has 0 amide bonds. The van der Waals surface area contributed by atoms with E-state index in [9.17, 15) is 0 Å². The monoisotopic (exact) mass is 283 g/mol. The lowest BCUT2D eigenvalue weighted by atomic mass is 10.0. The molecule has 3 rings (SSSR count). The zero-order chi connectivity index (χ0) is 12.5. The highest BCUT2D eigenvalue weighted by Gasteiger charge is 2.26. The second kappa shape index (κ2) is 5.27. The molecule has 1 heterocycles. The van der Waals surface area contributed by atoms with Crippen molar-refractivity contribution >= 4 is 25.9 Å². The van der Waals surface area contributed by atoms with Crippen LogP contribution in [0.15, 0.2) is 12.1 Å². The molecule has 0 spiro atoms. The van der Waals surface area contributed by atoms with Crippen molar-refractivity contribution in [1.29, 1.82) is 0 Å². The van der Waals surface area contributed by atoms with Gasteiger partial charge in [-0.3, -0.25) is 0 Å². The van der Waals surface area contributed by atoms with Crippen LogP contribution in [0, 0.1) is 5.92 Å². The highest BCUT2D eigenvalue weighted by Crippen LogP contribution is 2.48. The summed E-state index contributed by atoms with van der Waals surface area (Å²) in [5.41, 5.74) is 3.00. The summed E-state index contributed by atoms with van der Waals surface area (Å²) in [4.78, 5) is 0. The molecule has 0 saturated heterocycles. The molecule has 18 heavy (non-hydrogen) atoms. The van der Waals surface area contributed by atoms with Crippen LogP contribution >= 0.6 is 20.2 Å². The van der Waals surface area contributed by atoms with Gasteiger partial charge in [0.1, 0.15) is 5.75 Å². The molecule has 1 aromatic carbocycles. The summed E-state index contributed by atoms with van der Waals surface area (Å²) in [6, 6.07) is 4.15. The van der Waals surface area contributed by atoms with Gasteiger partial charge in [-0.25, -0.2) is 0 Å². The van der Waals surface area contributed by atoms with Gasteiger partial charge in [0.15, 0.2) is 0 Å². The number of rotatable bonds is 4. The molecule has 2 aliphatic rings. The van der Waals surface area contributed by atoms with E-state index in [0.717, 1.165) is 50.5 Å². The zero-order valence-electron chi connectivity index (χ0n) is 10.6. The van der Waals surface area contributed by atoms with Gasteiger partial charge in [0.2, 0.25) is 0 Å². The van der Waals surface area contributed by atoms with E-state index in [1.54, 1.807) is 0 Å². The predicted octanol–water partition coefficient (Wildman–Crippen LogP) is 4.29. The predicted molar refractivity (Wildman–Crippen MR) is 79.8 cm³/mol. The number of hydrogen-bond acceptors (Lipinski definition) is 2. The number of ether oxygens (including phenoxy) is 1. The third-order valence-electron chi connectivity index (χ3n) is 3.78. The minimum atomic E-state index is 0.646. The standard InChI is InChI=1S/C14H19ClNOP/c1-18-12-6-7-17-14-10(12)4-5-11(15)13(14)16-8-9-2-3-9/h4-5,9,12,16,18H,2-3,6-8H2,1H3/t12-/m0/s1. The van der Waals surface area contributed by atoms with Crippen LogP contribution in [0.1, 0.15) is 30.5 Å². The van der Waals surface area contributed by atoms with Gasteiger partial charge in [-0.15, -0.1) is 8.58 Å². The number of anilines is 1. The van der Waals surface area contributed by atoms with Crippen LogP contribution in [0.3, 0.4) is 0 Å². The first-order chi connectivity index (χ1) is 8.79. The number of hydrogen-bond donors (Lipinski definition) is 1. The summed E-state index contributed by atoms with van der Waals surface area (Å²) in [5, 5.41) is 4.28. The molecule has 1 N–H and O–H groups in total. The van der Waals surface area contributed by atoms with Crippen LogP contribution < -0.4 is 10.1 Å². The van der Waals surface area contributed by atoms with Crippen LogP contribution in [0.25, 0.3) is 0 Å². The summed E-state index contributed by atoms with van der Waals surface area (Å²) in [6.07, 6.45) is 3.82. The third kappa shape index (κ3) is 2.46. The number of halogens is 1. The molecule has 1 aliphatic carbocycles. The lowest BCUT2D eigenvalue weighted by Crippen LogP contribution is -2.14. The summed E-state index contributed by atoms with van der Waals surface area (Å²) in [6.45, 7) is 4.11. The smallest absolute Gasteiger partial charge is 0.147 e. The Morgan fingerprint density at radius 1 is 1.39 bits per heavy atom. The van der Waals surface area contributed by atoms with Crippen molar-refractivity contribution in [2.75, 3.05) is 25.1 Å². The lowest BCUT2D eigenvalue weighted by molar-refractivity contribution is 0.287. The first kappa shape index (κ1) is 12.6. The quantitative estimate of drug-likeness (QED) is 0.832. The van der Waals surface area contributed by atoms with E-state index >= 15 is 0 Å². The van der Waals surface area contributed by atoms with Crippen molar-refractivity contribution in [3.05, 3.63) is 22.7 Å². The Morgan fingerprint density at radius 2 is 2.22 bits per heavy atom. The molecule has 2 nitrogen and oxygen atoms in total. The van der Waals surface area contributed by atoms with Crippen LogP contribution in [0.5, 0.6) is 5.75 Å². The van der Waals surface area contributed by atoms with E-state index in [2.05, 4.69) is 18.0 Å². The molecule has 0 aromatic heterocycles. The largest absolute Gasteiger partial charge is 0.491 e. The summed E-state index contributed by atoms with van der Waals surface area (Å²) in [5.74, 6) is 1.85. The van der Waals surface area contributed by atoms with Gasteiger partial charge in [-0.2, -0.15) is 0 Å². The first-order valence-electron chi connectivity index (χ1n) is 6.66. The van der Waals surface area contributed by atoms with Crippen molar-refractivity contribution < 1.29 is 4.74 Å². The Bertz CT molecular complexity index is 448. The molecule has 2 atom stereocenters. The van der Waals surface area contributed by atoms with Crippen molar-refractivity contribution in [3.63, 3.8) is 0 Å². The van der Waals surface area contributed by atoms with Crippen LogP contribution in [0.2, 0.25) is 5.02 Å². The second-order valence-corrected chi connectivity index (χ2v) is 6.82. The van der Waals surface area contributed by atoms with Crippen molar-refractivity contribution in [3.8, 4) is 5.75 Å². The fourth-order valence-electron chi connectivity index (χ4n) is 2.47. The van der Waals surface area contributed by atoms with Crippen LogP contribution in [-0.2, 0) is 0 Å². The summed E-state index contributed by atoms with van der Waals surface area (Å²) >= 11 is 6.32. The number of fused-ring (bicyclic) bond motifs is 1. The van der Waals surface area contributed by atoms with E-state index in [0.29, 0.717) is 5.66 Å². The average Bonchev–Trinajstić information content (AvgIpc) is 3.20. The van der Waals surface area contributed by atoms with Crippen molar-refractivity contribution in [2.45, 2.75) is 24.9 Å². The Balaban J connectivity index is 1.90. The molecular weight excluding hydrogens is 265 g/mol. The van der Waals surface area contributed by atoms with Gasteiger partial charge in [-0.1, -0.05) is 17.7 Å². The van der Waals surface area contributed by atoms with Crippen molar-refractivity contribution in [2.24, 2.45) is 5.92 Å². The Labute approximate surface area is 115 Å². The topological polar surface area (TPSA) is 21.3 Å². The van der Waals surface area contributed by atoms with Gasteiger partial charge in [0.25, 0.3) is 0 Å². The maximum absolute atomic E-state index is 6.32. The molecule has 0 radical (unpaired) electrons. The number of benzene rings is 1. The highest BCUT2D eigenvalue weighted by atomic mass is 35.5. The minimum Gasteiger partial charge on any atom is -0.491 e. The Kier molecular flexibility index (Phi) is 3.68. The molecule has 1 fully saturated rings. The molecule has 1 saturated carbocycles. The van der Waals surface area contributed by atoms with E-state index in [1.165, 1.54) is 18.4 Å². The van der Waals surface area contributed by atoms with Gasteiger partial charge < -0.3 is 10.1 Å². The van der Waals surface area contributed by atoms with Gasteiger partial charge in [0.05, 0.1) is 17.3 Å². The number of nitrogens with one attached hydrogen (secondary N) is 1. The summed E-state index contributed by atoms with van der Waals surface area (Å²) < 4.78 is 5.88. The fourth-order valence-corrected chi connectivity index (χ4v) is 3.63. The Hall–Kier alpha value is -0.460. The Morgan fingerprint density at radius 3 is 2.94 bits per heavy atom. The van der Waals surface area contributed by atoms with E-state index in [-0.39, 0.29) is 0 Å². The molecule has 4 heteroatoms. The summed E-state index contributed by atoms with van der Waals surface area (Å²) in [7, 11) is 0.926. The maximum Gasteiger partial charge on any atom is 0.147 e. The average molecular weight is 284 g/mol. The molecule has 98 valence electrons. The molecule has 1 aromatic rings. The SMILES string of the molecule is CP[C@H]1CCOc2c1ccc(Cl)c2NCC1CC1. The normalized spacial score (nSPS) is 22.9. The van der Waals surface area contributed by atoms with Crippen LogP contribution in [0.4, 0.5) is 5.69 Å². The highest BCUT2D eigenvalue weighted by molar-refractivity contribution is 7.37. The minimum absolute atomic E-state index is 0.646. The molecule has 0 bridgehead atoms. The van der Waals surface area contributed by atoms with E-state index in [1.807, 2.05) is 6.07 Å². The van der Waals surface area contributed by atoms with E-state index < -0.39 is 0 Å². The van der Waals surface area contributed by atoms with Gasteiger partial charge in [0, 0.05) is 17.8 Å². The second-order valence-electron chi connectivity index (χ2n) is 5.14. The molecule has 1 aliphatic heterocycles. The first-order valence-corrected chi connectivity index (χ1v) is 8.61. The van der Waals surface area contributed by atoms with Gasteiger partial charge >= 0.3 is 0 Å². The molecule has 1 unspecified atom stereocenters.